The first-order valence-electron chi connectivity index (χ1n) is 6.61. The number of hydrogen-bond acceptors (Lipinski definition) is 3. The molecule has 2 rings (SSSR count). The molecule has 1 aliphatic heterocycles. The van der Waals surface area contributed by atoms with E-state index in [1.165, 1.54) is 6.42 Å². The predicted octanol–water partition coefficient (Wildman–Crippen LogP) is 1.94. The predicted molar refractivity (Wildman–Crippen MR) is 71.1 cm³/mol. The molecule has 0 aromatic carbocycles. The molecule has 2 N–H and O–H groups in total. The van der Waals surface area contributed by atoms with Crippen molar-refractivity contribution in [2.75, 3.05) is 0 Å². The zero-order chi connectivity index (χ0) is 13.1. The van der Waals surface area contributed by atoms with Crippen molar-refractivity contribution >= 4 is 5.91 Å². The summed E-state index contributed by atoms with van der Waals surface area (Å²) in [7, 11) is 0. The van der Waals surface area contributed by atoms with Crippen LogP contribution < -0.4 is 5.73 Å². The molecule has 1 aromatic rings. The second kappa shape index (κ2) is 5.48. The number of hydrogen-bond donors (Lipinski definition) is 1. The van der Waals surface area contributed by atoms with E-state index >= 15 is 0 Å². The van der Waals surface area contributed by atoms with Crippen LogP contribution in [-0.4, -0.2) is 27.9 Å². The van der Waals surface area contributed by atoms with Crippen molar-refractivity contribution in [1.82, 2.24) is 9.88 Å². The number of nitrogens with two attached hydrogens (primary N) is 1. The molecule has 4 heteroatoms. The molecule has 0 bridgehead atoms. The minimum atomic E-state index is 0.104. The number of rotatable bonds is 2. The number of pyridine rings is 1. The summed E-state index contributed by atoms with van der Waals surface area (Å²) in [4.78, 5) is 18.7. The Hall–Kier alpha value is -1.42. The first-order valence-corrected chi connectivity index (χ1v) is 6.61. The number of likely N-dealkylation sites (tertiary alicyclic amines) is 1. The molecule has 2 heterocycles. The molecular formula is C14H21N3O. The Labute approximate surface area is 108 Å². The van der Waals surface area contributed by atoms with Gasteiger partial charge in [-0.1, -0.05) is 0 Å². The number of carbonyl (C=O) groups excluding carboxylic acids is 1. The minimum absolute atomic E-state index is 0.104. The van der Waals surface area contributed by atoms with E-state index in [-0.39, 0.29) is 5.91 Å². The topological polar surface area (TPSA) is 59.2 Å². The van der Waals surface area contributed by atoms with Crippen LogP contribution in [0.1, 0.15) is 49.2 Å². The highest BCUT2D eigenvalue weighted by Gasteiger charge is 2.29. The van der Waals surface area contributed by atoms with Crippen molar-refractivity contribution in [3.63, 3.8) is 0 Å². The highest BCUT2D eigenvalue weighted by atomic mass is 16.2. The Morgan fingerprint density at radius 2 is 2.11 bits per heavy atom. The molecule has 2 unspecified atom stereocenters. The van der Waals surface area contributed by atoms with Gasteiger partial charge in [0.1, 0.15) is 0 Å². The fraction of sp³-hybridized carbons (Fsp3) is 0.571. The van der Waals surface area contributed by atoms with Crippen LogP contribution in [0.25, 0.3) is 0 Å². The van der Waals surface area contributed by atoms with Crippen molar-refractivity contribution in [3.8, 4) is 0 Å². The summed E-state index contributed by atoms with van der Waals surface area (Å²) in [6.07, 6.45) is 5.04. The van der Waals surface area contributed by atoms with Gasteiger partial charge < -0.3 is 10.6 Å². The monoisotopic (exact) mass is 247 g/mol. The van der Waals surface area contributed by atoms with Crippen LogP contribution in [0.4, 0.5) is 0 Å². The number of amides is 1. The lowest BCUT2D eigenvalue weighted by atomic mass is 9.96. The molecule has 1 saturated heterocycles. The van der Waals surface area contributed by atoms with E-state index in [0.29, 0.717) is 24.2 Å². The molecule has 0 saturated carbocycles. The average molecular weight is 247 g/mol. The second-order valence-corrected chi connectivity index (χ2v) is 5.08. The minimum Gasteiger partial charge on any atom is -0.333 e. The third-order valence-electron chi connectivity index (χ3n) is 3.70. The smallest absolute Gasteiger partial charge is 0.254 e. The van der Waals surface area contributed by atoms with Crippen molar-refractivity contribution < 1.29 is 4.79 Å². The van der Waals surface area contributed by atoms with Crippen molar-refractivity contribution in [2.24, 2.45) is 5.73 Å². The van der Waals surface area contributed by atoms with E-state index in [4.69, 9.17) is 5.73 Å². The van der Waals surface area contributed by atoms with E-state index in [1.54, 1.807) is 18.3 Å². The Morgan fingerprint density at radius 3 is 2.72 bits per heavy atom. The van der Waals surface area contributed by atoms with Gasteiger partial charge in [-0.25, -0.2) is 0 Å². The summed E-state index contributed by atoms with van der Waals surface area (Å²) in [6.45, 7) is 4.61. The lowest BCUT2D eigenvalue weighted by Crippen LogP contribution is -2.47. The molecular weight excluding hydrogens is 226 g/mol. The van der Waals surface area contributed by atoms with Crippen molar-refractivity contribution in [2.45, 2.75) is 51.7 Å². The standard InChI is InChI=1S/C14H21N3O/c1-10-4-3-5-11(2)17(10)14(18)12-6-7-16-13(8-12)9-15/h6-8,10-11H,3-5,9,15H2,1-2H3. The molecule has 1 aliphatic rings. The lowest BCUT2D eigenvalue weighted by molar-refractivity contribution is 0.0510. The molecule has 18 heavy (non-hydrogen) atoms. The Bertz CT molecular complexity index is 423. The van der Waals surface area contributed by atoms with E-state index < -0.39 is 0 Å². The van der Waals surface area contributed by atoms with Gasteiger partial charge in [-0.05, 0) is 45.2 Å². The molecule has 1 fully saturated rings. The number of piperidine rings is 1. The zero-order valence-electron chi connectivity index (χ0n) is 11.1. The molecule has 1 aromatic heterocycles. The van der Waals surface area contributed by atoms with Crippen LogP contribution >= 0.6 is 0 Å². The van der Waals surface area contributed by atoms with E-state index in [0.717, 1.165) is 18.5 Å². The van der Waals surface area contributed by atoms with Gasteiger partial charge >= 0.3 is 0 Å². The highest BCUT2D eigenvalue weighted by Crippen LogP contribution is 2.24. The third kappa shape index (κ3) is 2.53. The van der Waals surface area contributed by atoms with Crippen LogP contribution in [-0.2, 0) is 6.54 Å². The normalized spacial score (nSPS) is 24.1. The summed E-state index contributed by atoms with van der Waals surface area (Å²) in [5, 5.41) is 0. The van der Waals surface area contributed by atoms with Gasteiger partial charge in [-0.15, -0.1) is 0 Å². The maximum Gasteiger partial charge on any atom is 0.254 e. The second-order valence-electron chi connectivity index (χ2n) is 5.08. The molecule has 0 radical (unpaired) electrons. The molecule has 0 spiro atoms. The van der Waals surface area contributed by atoms with Crippen molar-refractivity contribution in [3.05, 3.63) is 29.6 Å². The number of nitrogens with zero attached hydrogens (tertiary/aromatic N) is 2. The van der Waals surface area contributed by atoms with Gasteiger partial charge in [-0.2, -0.15) is 0 Å². The number of carbonyl (C=O) groups is 1. The van der Waals surface area contributed by atoms with E-state index in [9.17, 15) is 4.79 Å². The zero-order valence-corrected chi connectivity index (χ0v) is 11.1. The Balaban J connectivity index is 2.23. The van der Waals surface area contributed by atoms with Gasteiger partial charge in [0.05, 0.1) is 5.69 Å². The van der Waals surface area contributed by atoms with Crippen molar-refractivity contribution in [1.29, 1.82) is 0 Å². The van der Waals surface area contributed by atoms with Gasteiger partial charge in [0.2, 0.25) is 0 Å². The summed E-state index contributed by atoms with van der Waals surface area (Å²) >= 11 is 0. The molecule has 1 amide bonds. The molecule has 4 nitrogen and oxygen atoms in total. The maximum atomic E-state index is 12.5. The van der Waals surface area contributed by atoms with Gasteiger partial charge in [0, 0.05) is 30.4 Å². The first kappa shape index (κ1) is 13.0. The summed E-state index contributed by atoms with van der Waals surface area (Å²) in [5.41, 5.74) is 7.03. The third-order valence-corrected chi connectivity index (χ3v) is 3.70. The van der Waals surface area contributed by atoms with Gasteiger partial charge in [0.15, 0.2) is 0 Å². The molecule has 0 aliphatic carbocycles. The summed E-state index contributed by atoms with van der Waals surface area (Å²) in [5.74, 6) is 0.104. The SMILES string of the molecule is CC1CCCC(C)N1C(=O)c1ccnc(CN)c1. The summed E-state index contributed by atoms with van der Waals surface area (Å²) < 4.78 is 0. The average Bonchev–Trinajstić information content (AvgIpc) is 2.38. The Morgan fingerprint density at radius 1 is 1.44 bits per heavy atom. The fourth-order valence-electron chi connectivity index (χ4n) is 2.69. The van der Waals surface area contributed by atoms with Gasteiger partial charge in [-0.3, -0.25) is 9.78 Å². The van der Waals surface area contributed by atoms with Crippen LogP contribution in [0.3, 0.4) is 0 Å². The summed E-state index contributed by atoms with van der Waals surface area (Å²) in [6, 6.07) is 4.21. The van der Waals surface area contributed by atoms with E-state index in [1.807, 2.05) is 4.90 Å². The first-order chi connectivity index (χ1) is 8.63. The molecule has 98 valence electrons. The van der Waals surface area contributed by atoms with Crippen LogP contribution in [0.2, 0.25) is 0 Å². The Kier molecular flexibility index (Phi) is 3.97. The van der Waals surface area contributed by atoms with Crippen LogP contribution in [0.15, 0.2) is 18.3 Å². The van der Waals surface area contributed by atoms with E-state index in [2.05, 4.69) is 18.8 Å². The maximum absolute atomic E-state index is 12.5. The number of aromatic nitrogens is 1. The quantitative estimate of drug-likeness (QED) is 0.869. The fourth-order valence-corrected chi connectivity index (χ4v) is 2.69. The van der Waals surface area contributed by atoms with Crippen LogP contribution in [0.5, 0.6) is 0 Å². The van der Waals surface area contributed by atoms with Crippen LogP contribution in [0, 0.1) is 0 Å². The largest absolute Gasteiger partial charge is 0.333 e. The lowest BCUT2D eigenvalue weighted by Gasteiger charge is -2.39. The highest BCUT2D eigenvalue weighted by molar-refractivity contribution is 5.94. The molecule has 2 atom stereocenters. The van der Waals surface area contributed by atoms with Gasteiger partial charge in [0.25, 0.3) is 5.91 Å².